The molecule has 5 rings (SSSR count). The highest BCUT2D eigenvalue weighted by Gasteiger charge is 2.35. The van der Waals surface area contributed by atoms with Crippen molar-refractivity contribution >= 4 is 29.4 Å². The zero-order valence-electron chi connectivity index (χ0n) is 24.8. The van der Waals surface area contributed by atoms with Gasteiger partial charge in [0.25, 0.3) is 5.56 Å². The molecule has 1 aliphatic rings. The summed E-state index contributed by atoms with van der Waals surface area (Å²) in [7, 11) is 4.61. The molecule has 0 saturated carbocycles. The highest BCUT2D eigenvalue weighted by molar-refractivity contribution is 7.07. The zero-order chi connectivity index (χ0) is 31.4. The predicted molar refractivity (Wildman–Crippen MR) is 164 cm³/mol. The molecule has 0 spiro atoms. The van der Waals surface area contributed by atoms with Crippen molar-refractivity contribution in [1.29, 1.82) is 0 Å². The SMILES string of the molecule is CCOC(=O)C1=C(C)N=c2s/c(=C\c3ccc(OC(=O)c4ccc(OC)cc4)cc3)c(=O)n2[C@H]1c1ccc(OC)cc1OC. The quantitative estimate of drug-likeness (QED) is 0.205. The number of esters is 2. The smallest absolute Gasteiger partial charge is 0.343 e. The van der Waals surface area contributed by atoms with Crippen LogP contribution in [0.3, 0.4) is 0 Å². The summed E-state index contributed by atoms with van der Waals surface area (Å²) in [6, 6.07) is 17.8. The maximum Gasteiger partial charge on any atom is 0.343 e. The van der Waals surface area contributed by atoms with Gasteiger partial charge in [-0.1, -0.05) is 23.5 Å². The van der Waals surface area contributed by atoms with E-state index in [1.165, 1.54) is 23.0 Å². The van der Waals surface area contributed by atoms with Crippen LogP contribution in [0.15, 0.2) is 87.8 Å². The average Bonchev–Trinajstić information content (AvgIpc) is 3.34. The number of carbonyl (C=O) groups is 2. The number of nitrogens with zero attached hydrogens (tertiary/aromatic N) is 2. The minimum atomic E-state index is -0.840. The van der Waals surface area contributed by atoms with Crippen LogP contribution in [0.5, 0.6) is 23.0 Å². The molecule has 0 N–H and O–H groups in total. The van der Waals surface area contributed by atoms with Gasteiger partial charge in [0.05, 0.1) is 49.3 Å². The van der Waals surface area contributed by atoms with Crippen LogP contribution < -0.4 is 33.8 Å². The molecule has 3 aromatic carbocycles. The molecule has 1 aromatic heterocycles. The molecule has 4 aromatic rings. The number of ether oxygens (including phenoxy) is 5. The molecule has 226 valence electrons. The van der Waals surface area contributed by atoms with E-state index in [2.05, 4.69) is 4.99 Å². The predicted octanol–water partition coefficient (Wildman–Crippen LogP) is 4.04. The molecule has 1 aliphatic heterocycles. The van der Waals surface area contributed by atoms with Gasteiger partial charge in [0.1, 0.15) is 29.0 Å². The normalized spacial score (nSPS) is 14.4. The fourth-order valence-corrected chi connectivity index (χ4v) is 5.85. The monoisotopic (exact) mass is 614 g/mol. The molecule has 0 radical (unpaired) electrons. The first-order valence-electron chi connectivity index (χ1n) is 13.7. The maximum atomic E-state index is 13.9. The van der Waals surface area contributed by atoms with Crippen molar-refractivity contribution in [2.24, 2.45) is 4.99 Å². The van der Waals surface area contributed by atoms with Gasteiger partial charge in [-0.2, -0.15) is 0 Å². The summed E-state index contributed by atoms with van der Waals surface area (Å²) in [6.45, 7) is 3.60. The van der Waals surface area contributed by atoms with Gasteiger partial charge in [-0.15, -0.1) is 0 Å². The van der Waals surface area contributed by atoms with Gasteiger partial charge < -0.3 is 23.7 Å². The van der Waals surface area contributed by atoms with Crippen LogP contribution in [0.25, 0.3) is 6.08 Å². The Labute approximate surface area is 257 Å². The minimum Gasteiger partial charge on any atom is -0.497 e. The lowest BCUT2D eigenvalue weighted by Gasteiger charge is -2.26. The lowest BCUT2D eigenvalue weighted by Crippen LogP contribution is -2.40. The van der Waals surface area contributed by atoms with E-state index in [0.717, 1.165) is 0 Å². The molecule has 0 fully saturated rings. The number of hydrogen-bond donors (Lipinski definition) is 0. The Morgan fingerprint density at radius 2 is 1.55 bits per heavy atom. The van der Waals surface area contributed by atoms with Gasteiger partial charge in [-0.05, 0) is 74.0 Å². The maximum absolute atomic E-state index is 13.9. The highest BCUT2D eigenvalue weighted by Crippen LogP contribution is 2.37. The van der Waals surface area contributed by atoms with Crippen molar-refractivity contribution in [3.63, 3.8) is 0 Å². The summed E-state index contributed by atoms with van der Waals surface area (Å²) in [5, 5.41) is 0. The summed E-state index contributed by atoms with van der Waals surface area (Å²) in [4.78, 5) is 44.7. The van der Waals surface area contributed by atoms with Crippen LogP contribution in [-0.4, -0.2) is 44.4 Å². The largest absolute Gasteiger partial charge is 0.497 e. The Morgan fingerprint density at radius 3 is 2.18 bits per heavy atom. The standard InChI is InChI=1S/C33H30N2O8S/c1-6-42-32(38)28-19(2)34-33-35(29(28)25-16-15-24(40-4)18-26(25)41-5)30(36)27(44-33)17-20-7-11-23(12-8-20)43-31(37)21-9-13-22(39-3)14-10-21/h7-18,29H,6H2,1-5H3/b27-17-/t29-/m0/s1. The van der Waals surface area contributed by atoms with E-state index >= 15 is 0 Å². The van der Waals surface area contributed by atoms with E-state index in [1.54, 1.807) is 101 Å². The minimum absolute atomic E-state index is 0.165. The number of rotatable bonds is 9. The fourth-order valence-electron chi connectivity index (χ4n) is 4.81. The first kappa shape index (κ1) is 30.3. The molecule has 10 nitrogen and oxygen atoms in total. The van der Waals surface area contributed by atoms with Crippen molar-refractivity contribution < 1.29 is 33.3 Å². The second kappa shape index (κ2) is 13.0. The van der Waals surface area contributed by atoms with Gasteiger partial charge >= 0.3 is 11.9 Å². The Morgan fingerprint density at radius 1 is 0.886 bits per heavy atom. The number of hydrogen-bond acceptors (Lipinski definition) is 10. The van der Waals surface area contributed by atoms with Crippen LogP contribution in [0, 0.1) is 0 Å². The third-order valence-corrected chi connectivity index (χ3v) is 7.95. The molecule has 1 atom stereocenters. The Hall–Kier alpha value is -5.16. The average molecular weight is 615 g/mol. The summed E-state index contributed by atoms with van der Waals surface area (Å²) in [6.07, 6.45) is 1.73. The van der Waals surface area contributed by atoms with Gasteiger partial charge in [-0.3, -0.25) is 9.36 Å². The van der Waals surface area contributed by atoms with Crippen molar-refractivity contribution in [2.75, 3.05) is 27.9 Å². The molecule has 0 unspecified atom stereocenters. The number of benzene rings is 3. The number of aromatic nitrogens is 1. The number of allylic oxidation sites excluding steroid dienone is 1. The van der Waals surface area contributed by atoms with E-state index < -0.39 is 18.0 Å². The van der Waals surface area contributed by atoms with Crippen LogP contribution in [0.1, 0.15) is 41.4 Å². The van der Waals surface area contributed by atoms with Crippen LogP contribution in [0.2, 0.25) is 0 Å². The molecule has 0 aliphatic carbocycles. The highest BCUT2D eigenvalue weighted by atomic mass is 32.1. The lowest BCUT2D eigenvalue weighted by molar-refractivity contribution is -0.139. The van der Waals surface area contributed by atoms with Gasteiger partial charge in [-0.25, -0.2) is 14.6 Å². The molecule has 0 amide bonds. The summed E-state index contributed by atoms with van der Waals surface area (Å²) in [5.74, 6) is 0.930. The summed E-state index contributed by atoms with van der Waals surface area (Å²) in [5.41, 5.74) is 2.04. The molecule has 0 bridgehead atoms. The van der Waals surface area contributed by atoms with Crippen molar-refractivity contribution in [1.82, 2.24) is 4.57 Å². The fraction of sp³-hybridized carbons (Fsp3) is 0.212. The summed E-state index contributed by atoms with van der Waals surface area (Å²) >= 11 is 1.20. The first-order chi connectivity index (χ1) is 21.3. The molecule has 0 saturated heterocycles. The Kier molecular flexibility index (Phi) is 8.96. The third-order valence-electron chi connectivity index (χ3n) is 6.97. The summed E-state index contributed by atoms with van der Waals surface area (Å²) < 4.78 is 28.9. The van der Waals surface area contributed by atoms with Crippen LogP contribution in [0.4, 0.5) is 0 Å². The van der Waals surface area contributed by atoms with E-state index in [1.807, 2.05) is 0 Å². The number of methoxy groups -OCH3 is 3. The van der Waals surface area contributed by atoms with E-state index in [0.29, 0.717) is 54.7 Å². The molecular weight excluding hydrogens is 584 g/mol. The van der Waals surface area contributed by atoms with Gasteiger partial charge in [0.2, 0.25) is 0 Å². The molecular formula is C33H30N2O8S. The van der Waals surface area contributed by atoms with Crippen molar-refractivity contribution in [3.05, 3.63) is 114 Å². The van der Waals surface area contributed by atoms with Crippen molar-refractivity contribution in [2.45, 2.75) is 19.9 Å². The van der Waals surface area contributed by atoms with Crippen LogP contribution >= 0.6 is 11.3 Å². The lowest BCUT2D eigenvalue weighted by atomic mass is 9.95. The second-order valence-electron chi connectivity index (χ2n) is 9.60. The van der Waals surface area contributed by atoms with Gasteiger partial charge in [0, 0.05) is 11.6 Å². The molecule has 44 heavy (non-hydrogen) atoms. The van der Waals surface area contributed by atoms with E-state index in [9.17, 15) is 14.4 Å². The third kappa shape index (κ3) is 6.00. The van der Waals surface area contributed by atoms with E-state index in [4.69, 9.17) is 23.7 Å². The Bertz CT molecular complexity index is 1920. The van der Waals surface area contributed by atoms with Gasteiger partial charge in [0.15, 0.2) is 4.80 Å². The zero-order valence-corrected chi connectivity index (χ0v) is 25.6. The first-order valence-corrected chi connectivity index (χ1v) is 14.5. The van der Waals surface area contributed by atoms with Crippen molar-refractivity contribution in [3.8, 4) is 23.0 Å². The molecule has 11 heteroatoms. The van der Waals surface area contributed by atoms with Crippen LogP contribution in [-0.2, 0) is 9.53 Å². The number of carbonyl (C=O) groups excluding carboxylic acids is 2. The number of fused-ring (bicyclic) bond motifs is 1. The number of thiazole rings is 1. The molecule has 2 heterocycles. The Balaban J connectivity index is 1.52. The van der Waals surface area contributed by atoms with E-state index in [-0.39, 0.29) is 17.7 Å². The second-order valence-corrected chi connectivity index (χ2v) is 10.6. The topological polar surface area (TPSA) is 115 Å².